The first-order chi connectivity index (χ1) is 6.49. The minimum atomic E-state index is 0.692. The van der Waals surface area contributed by atoms with E-state index in [2.05, 4.69) is 34.6 Å². The van der Waals surface area contributed by atoms with E-state index in [0.29, 0.717) is 5.41 Å². The fourth-order valence-corrected chi connectivity index (χ4v) is 3.03. The zero-order valence-corrected chi connectivity index (χ0v) is 10.8. The van der Waals surface area contributed by atoms with E-state index in [1.165, 1.54) is 32.1 Å². The van der Waals surface area contributed by atoms with Crippen molar-refractivity contribution in [3.63, 3.8) is 0 Å². The van der Waals surface area contributed by atoms with Crippen LogP contribution in [0.5, 0.6) is 0 Å². The van der Waals surface area contributed by atoms with Crippen LogP contribution < -0.4 is 0 Å². The quantitative estimate of drug-likeness (QED) is 0.587. The highest BCUT2D eigenvalue weighted by atomic mass is 14.5. The van der Waals surface area contributed by atoms with Gasteiger partial charge in [0.25, 0.3) is 0 Å². The molecular formula is C14H28. The Hall–Kier alpha value is 0. The van der Waals surface area contributed by atoms with Crippen LogP contribution in [0.15, 0.2) is 0 Å². The lowest BCUT2D eigenvalue weighted by Gasteiger charge is -2.50. The van der Waals surface area contributed by atoms with Gasteiger partial charge in [-0.05, 0) is 42.4 Å². The number of rotatable bonds is 5. The molecule has 0 heteroatoms. The molecule has 3 atom stereocenters. The largest absolute Gasteiger partial charge is 0.0651 e. The Morgan fingerprint density at radius 3 is 2.29 bits per heavy atom. The van der Waals surface area contributed by atoms with Crippen molar-refractivity contribution < 1.29 is 0 Å². The molecule has 0 spiro atoms. The standard InChI is InChI=1S/C14H28/c1-6-12(4)7-9-14(5)10-8-13(14)11(2)3/h11-13H,6-10H2,1-5H3. The Labute approximate surface area is 90.5 Å². The Morgan fingerprint density at radius 1 is 1.29 bits per heavy atom. The lowest BCUT2D eigenvalue weighted by Crippen LogP contribution is -2.40. The third kappa shape index (κ3) is 2.52. The Balaban J connectivity index is 2.35. The molecule has 0 saturated heterocycles. The number of hydrogen-bond donors (Lipinski definition) is 0. The van der Waals surface area contributed by atoms with E-state index in [0.717, 1.165) is 17.8 Å². The van der Waals surface area contributed by atoms with Crippen LogP contribution in [0.3, 0.4) is 0 Å². The van der Waals surface area contributed by atoms with E-state index in [-0.39, 0.29) is 0 Å². The van der Waals surface area contributed by atoms with Gasteiger partial charge in [0.05, 0.1) is 0 Å². The van der Waals surface area contributed by atoms with E-state index < -0.39 is 0 Å². The predicted molar refractivity (Wildman–Crippen MR) is 64.4 cm³/mol. The summed E-state index contributed by atoms with van der Waals surface area (Å²) >= 11 is 0. The normalized spacial score (nSPS) is 34.3. The summed E-state index contributed by atoms with van der Waals surface area (Å²) in [4.78, 5) is 0. The first-order valence-corrected chi connectivity index (χ1v) is 6.49. The van der Waals surface area contributed by atoms with Crippen LogP contribution in [-0.4, -0.2) is 0 Å². The third-order valence-electron chi connectivity index (χ3n) is 4.63. The molecular weight excluding hydrogens is 168 g/mol. The van der Waals surface area contributed by atoms with E-state index in [1.807, 2.05) is 0 Å². The molecule has 0 aromatic rings. The minimum Gasteiger partial charge on any atom is -0.0651 e. The van der Waals surface area contributed by atoms with Crippen LogP contribution >= 0.6 is 0 Å². The fourth-order valence-electron chi connectivity index (χ4n) is 3.03. The van der Waals surface area contributed by atoms with Gasteiger partial charge in [-0.2, -0.15) is 0 Å². The van der Waals surface area contributed by atoms with Gasteiger partial charge in [0.15, 0.2) is 0 Å². The molecule has 0 aromatic carbocycles. The molecule has 84 valence electrons. The van der Waals surface area contributed by atoms with Gasteiger partial charge in [-0.25, -0.2) is 0 Å². The van der Waals surface area contributed by atoms with Crippen molar-refractivity contribution in [3.8, 4) is 0 Å². The van der Waals surface area contributed by atoms with Crippen molar-refractivity contribution in [3.05, 3.63) is 0 Å². The molecule has 0 nitrogen and oxygen atoms in total. The molecule has 1 fully saturated rings. The molecule has 1 aliphatic rings. The maximum Gasteiger partial charge on any atom is -0.0295 e. The maximum atomic E-state index is 2.52. The lowest BCUT2D eigenvalue weighted by molar-refractivity contribution is 0.000692. The second kappa shape index (κ2) is 4.68. The van der Waals surface area contributed by atoms with Crippen LogP contribution in [0.25, 0.3) is 0 Å². The summed E-state index contributed by atoms with van der Waals surface area (Å²) in [5.74, 6) is 2.83. The third-order valence-corrected chi connectivity index (χ3v) is 4.63. The van der Waals surface area contributed by atoms with Gasteiger partial charge in [-0.1, -0.05) is 47.5 Å². The molecule has 0 radical (unpaired) electrons. The van der Waals surface area contributed by atoms with Crippen molar-refractivity contribution in [1.82, 2.24) is 0 Å². The van der Waals surface area contributed by atoms with Crippen molar-refractivity contribution in [2.75, 3.05) is 0 Å². The summed E-state index contributed by atoms with van der Waals surface area (Å²) in [6.45, 7) is 12.0. The molecule has 0 N–H and O–H groups in total. The zero-order chi connectivity index (χ0) is 10.8. The average molecular weight is 196 g/mol. The van der Waals surface area contributed by atoms with Gasteiger partial charge < -0.3 is 0 Å². The van der Waals surface area contributed by atoms with Gasteiger partial charge in [-0.3, -0.25) is 0 Å². The molecule has 0 aromatic heterocycles. The van der Waals surface area contributed by atoms with Crippen LogP contribution in [0.4, 0.5) is 0 Å². The van der Waals surface area contributed by atoms with Crippen LogP contribution in [0.2, 0.25) is 0 Å². The summed E-state index contributed by atoms with van der Waals surface area (Å²) in [6, 6.07) is 0. The molecule has 14 heavy (non-hydrogen) atoms. The van der Waals surface area contributed by atoms with E-state index in [1.54, 1.807) is 0 Å². The van der Waals surface area contributed by atoms with E-state index in [4.69, 9.17) is 0 Å². The monoisotopic (exact) mass is 196 g/mol. The molecule has 1 aliphatic carbocycles. The molecule has 3 unspecified atom stereocenters. The van der Waals surface area contributed by atoms with E-state index >= 15 is 0 Å². The van der Waals surface area contributed by atoms with Gasteiger partial charge in [0, 0.05) is 0 Å². The molecule has 1 rings (SSSR count). The first-order valence-electron chi connectivity index (χ1n) is 6.49. The Kier molecular flexibility index (Phi) is 4.04. The zero-order valence-electron chi connectivity index (χ0n) is 10.8. The maximum absolute atomic E-state index is 2.52. The van der Waals surface area contributed by atoms with E-state index in [9.17, 15) is 0 Å². The minimum absolute atomic E-state index is 0.692. The summed E-state index contributed by atoms with van der Waals surface area (Å²) in [7, 11) is 0. The van der Waals surface area contributed by atoms with Crippen LogP contribution in [0.1, 0.15) is 66.7 Å². The molecule has 0 amide bonds. The highest BCUT2D eigenvalue weighted by Crippen LogP contribution is 2.53. The summed E-state index contributed by atoms with van der Waals surface area (Å²) in [5.41, 5.74) is 0.692. The Morgan fingerprint density at radius 2 is 1.93 bits per heavy atom. The predicted octanol–water partition coefficient (Wildman–Crippen LogP) is 4.89. The first kappa shape index (κ1) is 12.1. The summed E-state index contributed by atoms with van der Waals surface area (Å²) < 4.78 is 0. The second-order valence-corrected chi connectivity index (χ2v) is 6.10. The van der Waals surface area contributed by atoms with Gasteiger partial charge >= 0.3 is 0 Å². The van der Waals surface area contributed by atoms with Crippen molar-refractivity contribution in [2.24, 2.45) is 23.2 Å². The molecule has 0 bridgehead atoms. The second-order valence-electron chi connectivity index (χ2n) is 6.10. The lowest BCUT2D eigenvalue weighted by atomic mass is 9.55. The van der Waals surface area contributed by atoms with Crippen molar-refractivity contribution in [1.29, 1.82) is 0 Å². The smallest absolute Gasteiger partial charge is 0.0295 e. The molecule has 0 heterocycles. The van der Waals surface area contributed by atoms with Gasteiger partial charge in [-0.15, -0.1) is 0 Å². The summed E-state index contributed by atoms with van der Waals surface area (Å²) in [5, 5.41) is 0. The molecule has 1 saturated carbocycles. The molecule has 0 aliphatic heterocycles. The highest BCUT2D eigenvalue weighted by Gasteiger charge is 2.43. The number of hydrogen-bond acceptors (Lipinski definition) is 0. The fraction of sp³-hybridized carbons (Fsp3) is 1.00. The van der Waals surface area contributed by atoms with Gasteiger partial charge in [0.2, 0.25) is 0 Å². The Bertz CT molecular complexity index is 171. The summed E-state index contributed by atoms with van der Waals surface area (Å²) in [6.07, 6.45) is 7.21. The van der Waals surface area contributed by atoms with Crippen molar-refractivity contribution >= 4 is 0 Å². The SMILES string of the molecule is CCC(C)CCC1(C)CCC1C(C)C. The van der Waals surface area contributed by atoms with Crippen LogP contribution in [-0.2, 0) is 0 Å². The van der Waals surface area contributed by atoms with Crippen molar-refractivity contribution in [2.45, 2.75) is 66.7 Å². The highest BCUT2D eigenvalue weighted by molar-refractivity contribution is 4.93. The average Bonchev–Trinajstić information content (AvgIpc) is 2.10. The van der Waals surface area contributed by atoms with Crippen LogP contribution in [0, 0.1) is 23.2 Å². The topological polar surface area (TPSA) is 0 Å². The van der Waals surface area contributed by atoms with Gasteiger partial charge in [0.1, 0.15) is 0 Å².